The van der Waals surface area contributed by atoms with Gasteiger partial charge in [-0.25, -0.2) is 12.8 Å². The average molecular weight is 666 g/mol. The maximum absolute atomic E-state index is 14.3. The van der Waals surface area contributed by atoms with Gasteiger partial charge in [0.2, 0.25) is 27.7 Å². The molecule has 4 aromatic rings. The van der Waals surface area contributed by atoms with Gasteiger partial charge in [-0.15, -0.1) is 12.4 Å². The van der Waals surface area contributed by atoms with E-state index in [-0.39, 0.29) is 31.1 Å². The van der Waals surface area contributed by atoms with E-state index in [1.165, 1.54) is 15.9 Å². The summed E-state index contributed by atoms with van der Waals surface area (Å²) in [7, 11) is -3.48. The first-order valence-electron chi connectivity index (χ1n) is 14.1. The SMILES string of the molecule is CS(=O)(=O)Nc1ccc(CN2C(=O)C(CC(=O)NCc3ccccc3F)C(=O)N(c3ccc(CN)cc3)c3ccccc32)cc1.Cl. The fourth-order valence-corrected chi connectivity index (χ4v) is 5.69. The second kappa shape index (κ2) is 14.5. The topological polar surface area (TPSA) is 142 Å². The Morgan fingerprint density at radius 2 is 1.46 bits per heavy atom. The lowest BCUT2D eigenvalue weighted by Gasteiger charge is -2.26. The van der Waals surface area contributed by atoms with Crippen molar-refractivity contribution in [3.8, 4) is 0 Å². The minimum absolute atomic E-state index is 0. The molecule has 0 saturated heterocycles. The van der Waals surface area contributed by atoms with Gasteiger partial charge in [-0.05, 0) is 53.6 Å². The van der Waals surface area contributed by atoms with Gasteiger partial charge in [-0.2, -0.15) is 0 Å². The molecule has 0 aromatic heterocycles. The van der Waals surface area contributed by atoms with Crippen LogP contribution in [0.4, 0.5) is 27.1 Å². The zero-order valence-electron chi connectivity index (χ0n) is 24.9. The number of hydrogen-bond acceptors (Lipinski definition) is 6. The van der Waals surface area contributed by atoms with Crippen LogP contribution in [0.1, 0.15) is 23.1 Å². The van der Waals surface area contributed by atoms with Crippen LogP contribution < -0.4 is 25.6 Å². The van der Waals surface area contributed by atoms with E-state index in [1.54, 1.807) is 91.0 Å². The first-order chi connectivity index (χ1) is 21.5. The van der Waals surface area contributed by atoms with E-state index in [4.69, 9.17) is 5.73 Å². The van der Waals surface area contributed by atoms with Crippen LogP contribution in [0.25, 0.3) is 0 Å². The normalized spacial score (nSPS) is 14.6. The number of hydrogen-bond donors (Lipinski definition) is 3. The highest BCUT2D eigenvalue weighted by Crippen LogP contribution is 2.40. The first kappa shape index (κ1) is 34.1. The maximum Gasteiger partial charge on any atom is 0.244 e. The molecule has 1 aliphatic rings. The van der Waals surface area contributed by atoms with Crippen LogP contribution in [0.3, 0.4) is 0 Å². The molecule has 0 bridgehead atoms. The summed E-state index contributed by atoms with van der Waals surface area (Å²) in [5, 5.41) is 2.64. The number of nitrogens with two attached hydrogens (primary N) is 1. The Hall–Kier alpha value is -4.78. The lowest BCUT2D eigenvalue weighted by molar-refractivity contribution is -0.136. The van der Waals surface area contributed by atoms with E-state index in [9.17, 15) is 27.2 Å². The number of rotatable bonds is 10. The Kier molecular flexibility index (Phi) is 10.8. The molecule has 1 heterocycles. The summed E-state index contributed by atoms with van der Waals surface area (Å²) >= 11 is 0. The molecule has 4 N–H and O–H groups in total. The highest BCUT2D eigenvalue weighted by molar-refractivity contribution is 7.92. The van der Waals surface area contributed by atoms with Crippen LogP contribution in [0.5, 0.6) is 0 Å². The molecule has 240 valence electrons. The van der Waals surface area contributed by atoms with Crippen molar-refractivity contribution in [2.75, 3.05) is 20.8 Å². The van der Waals surface area contributed by atoms with Gasteiger partial charge in [-0.1, -0.05) is 54.6 Å². The standard InChI is InChI=1S/C33H32FN5O5S.ClH/c1-45(43,44)37-25-14-10-23(11-15-25)21-38-29-8-4-5-9-30(29)39(26-16-12-22(19-35)13-17-26)33(42)27(32(38)41)18-31(40)36-20-24-6-2-3-7-28(24)34;/h2-17,27,37H,18-21,35H2,1H3,(H,36,40);1H. The molecule has 0 aliphatic carbocycles. The minimum atomic E-state index is -3.48. The molecule has 1 unspecified atom stereocenters. The van der Waals surface area contributed by atoms with Gasteiger partial charge in [0.15, 0.2) is 0 Å². The van der Waals surface area contributed by atoms with Gasteiger partial charge in [-0.3, -0.25) is 24.0 Å². The zero-order valence-corrected chi connectivity index (χ0v) is 26.5. The largest absolute Gasteiger partial charge is 0.352 e. The van der Waals surface area contributed by atoms with Gasteiger partial charge in [0.05, 0.1) is 24.2 Å². The Bertz CT molecular complexity index is 1840. The summed E-state index contributed by atoms with van der Waals surface area (Å²) in [5.41, 5.74) is 9.31. The number of nitrogens with zero attached hydrogens (tertiary/aromatic N) is 2. The van der Waals surface area contributed by atoms with Crippen LogP contribution in [0.2, 0.25) is 0 Å². The summed E-state index contributed by atoms with van der Waals surface area (Å²) in [5.74, 6) is -3.66. The van der Waals surface area contributed by atoms with Crippen molar-refractivity contribution in [2.24, 2.45) is 11.7 Å². The van der Waals surface area contributed by atoms with E-state index in [1.807, 2.05) is 0 Å². The van der Waals surface area contributed by atoms with Gasteiger partial charge >= 0.3 is 0 Å². The van der Waals surface area contributed by atoms with E-state index in [2.05, 4.69) is 10.0 Å². The number of carbonyl (C=O) groups is 3. The van der Waals surface area contributed by atoms with E-state index < -0.39 is 45.9 Å². The maximum atomic E-state index is 14.3. The fraction of sp³-hybridized carbons (Fsp3) is 0.182. The van der Waals surface area contributed by atoms with Crippen molar-refractivity contribution >= 4 is 62.9 Å². The van der Waals surface area contributed by atoms with E-state index in [0.717, 1.165) is 11.8 Å². The van der Waals surface area contributed by atoms with Crippen molar-refractivity contribution in [1.29, 1.82) is 0 Å². The first-order valence-corrected chi connectivity index (χ1v) is 16.0. The summed E-state index contributed by atoms with van der Waals surface area (Å²) < 4.78 is 39.9. The summed E-state index contributed by atoms with van der Waals surface area (Å²) in [6.45, 7) is 0.235. The second-order valence-corrected chi connectivity index (χ2v) is 12.4. The summed E-state index contributed by atoms with van der Waals surface area (Å²) in [6, 6.07) is 26.5. The molecule has 1 atom stereocenters. The number of nitrogens with one attached hydrogen (secondary N) is 2. The lowest BCUT2D eigenvalue weighted by Crippen LogP contribution is -2.43. The minimum Gasteiger partial charge on any atom is -0.352 e. The molecule has 46 heavy (non-hydrogen) atoms. The molecule has 0 spiro atoms. The molecule has 1 aliphatic heterocycles. The molecule has 0 radical (unpaired) electrons. The highest BCUT2D eigenvalue weighted by atomic mass is 35.5. The van der Waals surface area contributed by atoms with Crippen molar-refractivity contribution in [3.63, 3.8) is 0 Å². The second-order valence-electron chi connectivity index (χ2n) is 10.7. The molecular weight excluding hydrogens is 633 g/mol. The molecule has 13 heteroatoms. The fourth-order valence-electron chi connectivity index (χ4n) is 5.12. The van der Waals surface area contributed by atoms with Gasteiger partial charge in [0.25, 0.3) is 0 Å². The van der Waals surface area contributed by atoms with E-state index in [0.29, 0.717) is 34.9 Å². The van der Waals surface area contributed by atoms with Gasteiger partial charge in [0.1, 0.15) is 11.7 Å². The number of anilines is 4. The Balaban J connectivity index is 0.00000480. The van der Waals surface area contributed by atoms with Crippen LogP contribution in [0, 0.1) is 11.7 Å². The van der Waals surface area contributed by atoms with Crippen LogP contribution in [-0.4, -0.2) is 32.4 Å². The summed E-state index contributed by atoms with van der Waals surface area (Å²) in [4.78, 5) is 44.6. The van der Waals surface area contributed by atoms with Crippen LogP contribution in [0.15, 0.2) is 97.1 Å². The van der Waals surface area contributed by atoms with Crippen molar-refractivity contribution < 1.29 is 27.2 Å². The number of sulfonamides is 1. The Morgan fingerprint density at radius 1 is 0.848 bits per heavy atom. The monoisotopic (exact) mass is 665 g/mol. The smallest absolute Gasteiger partial charge is 0.244 e. The third-order valence-corrected chi connectivity index (χ3v) is 7.95. The molecule has 5 rings (SSSR count). The predicted molar refractivity (Wildman–Crippen MR) is 178 cm³/mol. The molecule has 0 fully saturated rings. The molecule has 10 nitrogen and oxygen atoms in total. The zero-order chi connectivity index (χ0) is 32.1. The number of para-hydroxylation sites is 2. The molecule has 4 aromatic carbocycles. The number of fused-ring (bicyclic) bond motifs is 1. The van der Waals surface area contributed by atoms with Gasteiger partial charge < -0.3 is 16.0 Å². The number of halogens is 2. The quantitative estimate of drug-likeness (QED) is 0.211. The molecular formula is C33H33ClFN5O5S. The third-order valence-electron chi connectivity index (χ3n) is 7.35. The third kappa shape index (κ3) is 7.89. The molecule has 0 saturated carbocycles. The summed E-state index contributed by atoms with van der Waals surface area (Å²) in [6.07, 6.45) is 0.581. The predicted octanol–water partition coefficient (Wildman–Crippen LogP) is 4.61. The van der Waals surface area contributed by atoms with Crippen molar-refractivity contribution in [3.05, 3.63) is 120 Å². The number of amides is 3. The lowest BCUT2D eigenvalue weighted by atomic mass is 10.0. The van der Waals surface area contributed by atoms with Gasteiger partial charge in [0, 0.05) is 36.4 Å². The van der Waals surface area contributed by atoms with E-state index >= 15 is 0 Å². The average Bonchev–Trinajstić information content (AvgIpc) is 3.10. The Labute approximate surface area is 272 Å². The molecule has 3 amide bonds. The number of benzene rings is 4. The van der Waals surface area contributed by atoms with Crippen molar-refractivity contribution in [1.82, 2.24) is 5.32 Å². The van der Waals surface area contributed by atoms with Crippen LogP contribution >= 0.6 is 12.4 Å². The number of carbonyl (C=O) groups excluding carboxylic acids is 3. The highest BCUT2D eigenvalue weighted by Gasteiger charge is 2.42. The van der Waals surface area contributed by atoms with Crippen LogP contribution in [-0.2, 0) is 44.0 Å². The Morgan fingerprint density at radius 3 is 2.09 bits per heavy atom. The van der Waals surface area contributed by atoms with Crippen molar-refractivity contribution in [2.45, 2.75) is 26.1 Å².